The van der Waals surface area contributed by atoms with Crippen LogP contribution in [0, 0.1) is 0 Å². The van der Waals surface area contributed by atoms with E-state index in [4.69, 9.17) is 0 Å². The lowest BCUT2D eigenvalue weighted by Crippen LogP contribution is -2.25. The molecular formula is C13H15BrN2O2. The Morgan fingerprint density at radius 2 is 2.11 bits per heavy atom. The number of rotatable bonds is 4. The Hall–Kier alpha value is -1.36. The molecule has 0 heterocycles. The molecule has 4 nitrogen and oxygen atoms in total. The SMILES string of the molecule is CC(Br)C(=O)Nc1cccc(C(=O)NC2CC2)c1. The van der Waals surface area contributed by atoms with Gasteiger partial charge in [-0.05, 0) is 38.0 Å². The Kier molecular flexibility index (Phi) is 4.01. The number of hydrogen-bond donors (Lipinski definition) is 2. The molecule has 2 rings (SSSR count). The van der Waals surface area contributed by atoms with Gasteiger partial charge in [0, 0.05) is 17.3 Å². The molecule has 1 aliphatic rings. The standard InChI is InChI=1S/C13H15BrN2O2/c1-8(14)12(17)16-11-4-2-3-9(7-11)13(18)15-10-5-6-10/h2-4,7-8,10H,5-6H2,1H3,(H,15,18)(H,16,17). The first-order valence-electron chi connectivity index (χ1n) is 5.92. The zero-order valence-corrected chi connectivity index (χ0v) is 11.7. The Morgan fingerprint density at radius 1 is 1.39 bits per heavy atom. The molecule has 2 N–H and O–H groups in total. The van der Waals surface area contributed by atoms with Crippen LogP contribution in [-0.4, -0.2) is 22.7 Å². The maximum absolute atomic E-state index is 11.8. The topological polar surface area (TPSA) is 58.2 Å². The van der Waals surface area contributed by atoms with Gasteiger partial charge in [0.05, 0.1) is 4.83 Å². The smallest absolute Gasteiger partial charge is 0.251 e. The van der Waals surface area contributed by atoms with E-state index in [0.717, 1.165) is 12.8 Å². The van der Waals surface area contributed by atoms with Crippen LogP contribution in [0.3, 0.4) is 0 Å². The molecule has 0 spiro atoms. The molecule has 2 amide bonds. The fourth-order valence-corrected chi connectivity index (χ4v) is 1.59. The lowest BCUT2D eigenvalue weighted by atomic mass is 10.2. The van der Waals surface area contributed by atoms with Gasteiger partial charge >= 0.3 is 0 Å². The van der Waals surface area contributed by atoms with Gasteiger partial charge in [-0.25, -0.2) is 0 Å². The lowest BCUT2D eigenvalue weighted by molar-refractivity contribution is -0.115. The largest absolute Gasteiger partial charge is 0.349 e. The van der Waals surface area contributed by atoms with Crippen molar-refractivity contribution in [1.82, 2.24) is 5.32 Å². The Bertz CT molecular complexity index is 470. The second kappa shape index (κ2) is 5.52. The number of benzene rings is 1. The minimum Gasteiger partial charge on any atom is -0.349 e. The number of nitrogens with one attached hydrogen (secondary N) is 2. The zero-order chi connectivity index (χ0) is 13.1. The molecule has 1 saturated carbocycles. The molecule has 0 aromatic heterocycles. The number of halogens is 1. The van der Waals surface area contributed by atoms with Crippen molar-refractivity contribution >= 4 is 33.4 Å². The summed E-state index contributed by atoms with van der Waals surface area (Å²) in [7, 11) is 0. The number of amides is 2. The first-order valence-corrected chi connectivity index (χ1v) is 6.83. The van der Waals surface area contributed by atoms with Crippen molar-refractivity contribution in [3.05, 3.63) is 29.8 Å². The van der Waals surface area contributed by atoms with Gasteiger partial charge in [0.2, 0.25) is 5.91 Å². The lowest BCUT2D eigenvalue weighted by Gasteiger charge is -2.08. The second-order valence-corrected chi connectivity index (χ2v) is 5.81. The number of carbonyl (C=O) groups excluding carboxylic acids is 2. The summed E-state index contributed by atoms with van der Waals surface area (Å²) in [4.78, 5) is 23.1. The summed E-state index contributed by atoms with van der Waals surface area (Å²) in [5.41, 5.74) is 1.21. The molecule has 18 heavy (non-hydrogen) atoms. The first kappa shape index (κ1) is 13.1. The second-order valence-electron chi connectivity index (χ2n) is 4.43. The third-order valence-corrected chi connectivity index (χ3v) is 3.08. The Balaban J connectivity index is 2.04. The van der Waals surface area contributed by atoms with Crippen molar-refractivity contribution in [3.63, 3.8) is 0 Å². The molecule has 1 aromatic rings. The van der Waals surface area contributed by atoms with E-state index in [1.165, 1.54) is 0 Å². The van der Waals surface area contributed by atoms with E-state index in [9.17, 15) is 9.59 Å². The van der Waals surface area contributed by atoms with Gasteiger partial charge < -0.3 is 10.6 Å². The van der Waals surface area contributed by atoms with Gasteiger partial charge in [-0.15, -0.1) is 0 Å². The van der Waals surface area contributed by atoms with Gasteiger partial charge in [0.1, 0.15) is 0 Å². The molecule has 0 radical (unpaired) electrons. The molecule has 1 aliphatic carbocycles. The third-order valence-electron chi connectivity index (χ3n) is 2.67. The van der Waals surface area contributed by atoms with Crippen LogP contribution in [-0.2, 0) is 4.79 Å². The number of alkyl halides is 1. The summed E-state index contributed by atoms with van der Waals surface area (Å²) in [5.74, 6) is -0.213. The van der Waals surface area contributed by atoms with Gasteiger partial charge in [-0.3, -0.25) is 9.59 Å². The average molecular weight is 311 g/mol. The molecule has 96 valence electrons. The van der Waals surface area contributed by atoms with E-state index in [1.54, 1.807) is 31.2 Å². The van der Waals surface area contributed by atoms with E-state index in [2.05, 4.69) is 26.6 Å². The minimum absolute atomic E-state index is 0.0829. The normalized spacial score (nSPS) is 15.9. The maximum atomic E-state index is 11.8. The summed E-state index contributed by atoms with van der Waals surface area (Å²) in [6, 6.07) is 7.28. The van der Waals surface area contributed by atoms with Crippen LogP contribution in [0.1, 0.15) is 30.1 Å². The van der Waals surface area contributed by atoms with Crippen LogP contribution in [0.15, 0.2) is 24.3 Å². The van der Waals surface area contributed by atoms with E-state index < -0.39 is 0 Å². The van der Waals surface area contributed by atoms with Gasteiger partial charge in [-0.2, -0.15) is 0 Å². The van der Waals surface area contributed by atoms with Crippen LogP contribution >= 0.6 is 15.9 Å². The fraction of sp³-hybridized carbons (Fsp3) is 0.385. The van der Waals surface area contributed by atoms with E-state index >= 15 is 0 Å². The van der Waals surface area contributed by atoms with Crippen LogP contribution in [0.25, 0.3) is 0 Å². The fourth-order valence-electron chi connectivity index (χ4n) is 1.48. The third kappa shape index (κ3) is 3.57. The molecule has 1 aromatic carbocycles. The monoisotopic (exact) mass is 310 g/mol. The summed E-state index contributed by atoms with van der Waals surface area (Å²) >= 11 is 3.19. The maximum Gasteiger partial charge on any atom is 0.251 e. The number of anilines is 1. The molecule has 1 fully saturated rings. The highest BCUT2D eigenvalue weighted by Crippen LogP contribution is 2.20. The highest BCUT2D eigenvalue weighted by molar-refractivity contribution is 9.10. The van der Waals surface area contributed by atoms with Crippen molar-refractivity contribution in [1.29, 1.82) is 0 Å². The summed E-state index contributed by atoms with van der Waals surface area (Å²) in [6.07, 6.45) is 2.12. The molecular weight excluding hydrogens is 296 g/mol. The average Bonchev–Trinajstić information content (AvgIpc) is 3.13. The Labute approximate surface area is 114 Å². The van der Waals surface area contributed by atoms with E-state index in [0.29, 0.717) is 17.3 Å². The summed E-state index contributed by atoms with van der Waals surface area (Å²) < 4.78 is 0. The predicted octanol–water partition coefficient (Wildman–Crippen LogP) is 2.30. The van der Waals surface area contributed by atoms with E-state index in [1.807, 2.05) is 0 Å². The summed E-state index contributed by atoms with van der Waals surface area (Å²) in [6.45, 7) is 1.75. The zero-order valence-electron chi connectivity index (χ0n) is 10.1. The van der Waals surface area contributed by atoms with Crippen LogP contribution in [0.4, 0.5) is 5.69 Å². The number of carbonyl (C=O) groups is 2. The van der Waals surface area contributed by atoms with Crippen molar-refractivity contribution in [2.45, 2.75) is 30.6 Å². The van der Waals surface area contributed by atoms with Crippen LogP contribution in [0.5, 0.6) is 0 Å². The van der Waals surface area contributed by atoms with Crippen LogP contribution in [0.2, 0.25) is 0 Å². The van der Waals surface area contributed by atoms with E-state index in [-0.39, 0.29) is 16.6 Å². The molecule has 0 aliphatic heterocycles. The molecule has 0 bridgehead atoms. The summed E-state index contributed by atoms with van der Waals surface area (Å²) in [5, 5.41) is 5.65. The molecule has 1 unspecified atom stereocenters. The minimum atomic E-state index is -0.263. The van der Waals surface area contributed by atoms with Crippen molar-refractivity contribution in [2.75, 3.05) is 5.32 Å². The van der Waals surface area contributed by atoms with Crippen molar-refractivity contribution in [2.24, 2.45) is 0 Å². The Morgan fingerprint density at radius 3 is 2.72 bits per heavy atom. The highest BCUT2D eigenvalue weighted by Gasteiger charge is 2.23. The van der Waals surface area contributed by atoms with Gasteiger partial charge in [-0.1, -0.05) is 22.0 Å². The van der Waals surface area contributed by atoms with Gasteiger partial charge in [0.15, 0.2) is 0 Å². The first-order chi connectivity index (χ1) is 8.56. The molecule has 1 atom stereocenters. The highest BCUT2D eigenvalue weighted by atomic mass is 79.9. The van der Waals surface area contributed by atoms with Gasteiger partial charge in [0.25, 0.3) is 5.91 Å². The molecule has 0 saturated heterocycles. The molecule has 5 heteroatoms. The van der Waals surface area contributed by atoms with Crippen molar-refractivity contribution < 1.29 is 9.59 Å². The quantitative estimate of drug-likeness (QED) is 0.838. The number of hydrogen-bond acceptors (Lipinski definition) is 2. The van der Waals surface area contributed by atoms with Crippen molar-refractivity contribution in [3.8, 4) is 0 Å². The van der Waals surface area contributed by atoms with Crippen LogP contribution < -0.4 is 10.6 Å². The predicted molar refractivity (Wildman–Crippen MR) is 73.9 cm³/mol.